The number of nitrogens with one attached hydrogen (secondary N) is 1. The second-order valence-corrected chi connectivity index (χ2v) is 5.70. The summed E-state index contributed by atoms with van der Waals surface area (Å²) in [5.74, 6) is 0.164. The number of hydrogen-bond acceptors (Lipinski definition) is 2. The van der Waals surface area contributed by atoms with Crippen molar-refractivity contribution in [1.82, 2.24) is 0 Å². The molecule has 0 atom stereocenters. The summed E-state index contributed by atoms with van der Waals surface area (Å²) in [6.45, 7) is 4.13. The molecule has 24 heavy (non-hydrogen) atoms. The minimum Gasteiger partial charge on any atom is -0.362 e. The molecule has 0 fully saturated rings. The van der Waals surface area contributed by atoms with Gasteiger partial charge in [-0.2, -0.15) is 13.2 Å². The van der Waals surface area contributed by atoms with Crippen LogP contribution < -0.4 is 5.32 Å². The van der Waals surface area contributed by atoms with Crippen LogP contribution in [-0.4, -0.2) is 5.78 Å². The number of rotatable bonds is 5. The predicted octanol–water partition coefficient (Wildman–Crippen LogP) is 5.64. The lowest BCUT2D eigenvalue weighted by Crippen LogP contribution is -2.05. The summed E-state index contributed by atoms with van der Waals surface area (Å²) in [7, 11) is 0. The van der Waals surface area contributed by atoms with E-state index in [-0.39, 0.29) is 11.5 Å². The fourth-order valence-electron chi connectivity index (χ4n) is 2.13. The number of anilines is 1. The van der Waals surface area contributed by atoms with Gasteiger partial charge in [0.15, 0.2) is 5.78 Å². The number of carbonyl (C=O) groups excluding carboxylic acids is 1. The maximum atomic E-state index is 12.6. The zero-order valence-corrected chi connectivity index (χ0v) is 13.4. The van der Waals surface area contributed by atoms with Gasteiger partial charge in [-0.1, -0.05) is 44.2 Å². The van der Waals surface area contributed by atoms with Gasteiger partial charge < -0.3 is 5.32 Å². The lowest BCUT2D eigenvalue weighted by molar-refractivity contribution is -0.137. The third-order valence-electron chi connectivity index (χ3n) is 3.54. The van der Waals surface area contributed by atoms with Crippen molar-refractivity contribution in [1.29, 1.82) is 0 Å². The fraction of sp³-hybridized carbons (Fsp3) is 0.211. The highest BCUT2D eigenvalue weighted by Crippen LogP contribution is 2.30. The first kappa shape index (κ1) is 17.8. The number of benzene rings is 2. The molecule has 2 rings (SSSR count). The highest BCUT2D eigenvalue weighted by Gasteiger charge is 2.30. The van der Waals surface area contributed by atoms with Gasteiger partial charge in [0.25, 0.3) is 0 Å². The van der Waals surface area contributed by atoms with Crippen molar-refractivity contribution in [3.05, 3.63) is 77.5 Å². The average Bonchev–Trinajstić information content (AvgIpc) is 2.54. The van der Waals surface area contributed by atoms with Crippen molar-refractivity contribution < 1.29 is 18.0 Å². The molecule has 0 spiro atoms. The van der Waals surface area contributed by atoms with E-state index >= 15 is 0 Å². The Morgan fingerprint density at radius 1 is 1.08 bits per heavy atom. The summed E-state index contributed by atoms with van der Waals surface area (Å²) >= 11 is 0. The lowest BCUT2D eigenvalue weighted by Gasteiger charge is -2.08. The third-order valence-corrected chi connectivity index (χ3v) is 3.54. The maximum Gasteiger partial charge on any atom is 0.416 e. The van der Waals surface area contributed by atoms with Crippen LogP contribution in [0.15, 0.2) is 60.8 Å². The Morgan fingerprint density at radius 3 is 2.33 bits per heavy atom. The number of alkyl halides is 3. The highest BCUT2D eigenvalue weighted by molar-refractivity contribution is 6.04. The molecule has 2 nitrogen and oxygen atoms in total. The van der Waals surface area contributed by atoms with E-state index in [4.69, 9.17) is 0 Å². The second kappa shape index (κ2) is 7.34. The summed E-state index contributed by atoms with van der Waals surface area (Å²) in [5, 5.41) is 2.69. The van der Waals surface area contributed by atoms with E-state index < -0.39 is 11.7 Å². The van der Waals surface area contributed by atoms with Gasteiger partial charge in [-0.15, -0.1) is 0 Å². The van der Waals surface area contributed by atoms with E-state index in [2.05, 4.69) is 19.2 Å². The number of halogens is 3. The van der Waals surface area contributed by atoms with Gasteiger partial charge in [0.1, 0.15) is 0 Å². The van der Waals surface area contributed by atoms with Crippen LogP contribution in [0.1, 0.15) is 41.3 Å². The Balaban J connectivity index is 2.02. The molecule has 0 aliphatic rings. The van der Waals surface area contributed by atoms with E-state index in [9.17, 15) is 18.0 Å². The van der Waals surface area contributed by atoms with Crippen molar-refractivity contribution in [2.45, 2.75) is 25.9 Å². The average molecular weight is 333 g/mol. The first-order valence-corrected chi connectivity index (χ1v) is 7.52. The standard InChI is InChI=1S/C19H18F3NO/c1-13(2)14-6-8-15(9-7-14)18(24)10-11-23-17-5-3-4-16(12-17)19(20,21)22/h3-13,23H,1-2H3/b11-10+. The molecule has 5 heteroatoms. The Morgan fingerprint density at radius 2 is 1.75 bits per heavy atom. The van der Waals surface area contributed by atoms with Crippen LogP contribution in [0, 0.1) is 0 Å². The van der Waals surface area contributed by atoms with Gasteiger partial charge in [-0.25, -0.2) is 0 Å². The summed E-state index contributed by atoms with van der Waals surface area (Å²) in [6.07, 6.45) is -1.76. The number of ketones is 1. The van der Waals surface area contributed by atoms with Crippen molar-refractivity contribution in [3.8, 4) is 0 Å². The fourth-order valence-corrected chi connectivity index (χ4v) is 2.13. The molecule has 0 aliphatic carbocycles. The van der Waals surface area contributed by atoms with Gasteiger partial charge in [0.05, 0.1) is 5.56 Å². The molecule has 0 amide bonds. The predicted molar refractivity (Wildman–Crippen MR) is 89.1 cm³/mol. The largest absolute Gasteiger partial charge is 0.416 e. The SMILES string of the molecule is CC(C)c1ccc(C(=O)/C=C/Nc2cccc(C(F)(F)F)c2)cc1. The van der Waals surface area contributed by atoms with Crippen molar-refractivity contribution in [3.63, 3.8) is 0 Å². The molecule has 0 saturated carbocycles. The summed E-state index contributed by atoms with van der Waals surface area (Å²) in [6, 6.07) is 12.1. The van der Waals surface area contributed by atoms with Gasteiger partial charge in [-0.3, -0.25) is 4.79 Å². The Kier molecular flexibility index (Phi) is 5.44. The molecule has 0 heterocycles. The smallest absolute Gasteiger partial charge is 0.362 e. The van der Waals surface area contributed by atoms with E-state index in [0.29, 0.717) is 11.5 Å². The molecule has 0 radical (unpaired) electrons. The third kappa shape index (κ3) is 4.72. The first-order valence-electron chi connectivity index (χ1n) is 7.52. The van der Waals surface area contributed by atoms with Crippen LogP contribution in [0.2, 0.25) is 0 Å². The number of allylic oxidation sites excluding steroid dienone is 1. The van der Waals surface area contributed by atoms with Crippen molar-refractivity contribution in [2.24, 2.45) is 0 Å². The van der Waals surface area contributed by atoms with E-state index in [1.54, 1.807) is 12.1 Å². The maximum absolute atomic E-state index is 12.6. The second-order valence-electron chi connectivity index (χ2n) is 5.70. The Hall–Kier alpha value is -2.56. The van der Waals surface area contributed by atoms with Gasteiger partial charge in [-0.05, 0) is 29.7 Å². The molecule has 0 aromatic heterocycles. The summed E-state index contributed by atoms with van der Waals surface area (Å²) in [4.78, 5) is 12.0. The zero-order chi connectivity index (χ0) is 17.7. The van der Waals surface area contributed by atoms with Crippen LogP contribution in [0.5, 0.6) is 0 Å². The molecule has 126 valence electrons. The number of hydrogen-bond donors (Lipinski definition) is 1. The van der Waals surface area contributed by atoms with E-state index in [1.807, 2.05) is 12.1 Å². The molecule has 2 aromatic carbocycles. The van der Waals surface area contributed by atoms with Crippen molar-refractivity contribution in [2.75, 3.05) is 5.32 Å². The minimum atomic E-state index is -4.39. The summed E-state index contributed by atoms with van der Waals surface area (Å²) in [5.41, 5.74) is 1.19. The van der Waals surface area contributed by atoms with Crippen LogP contribution in [0.4, 0.5) is 18.9 Å². The molecule has 0 bridgehead atoms. The van der Waals surface area contributed by atoms with E-state index in [0.717, 1.165) is 17.7 Å². The normalized spacial score (nSPS) is 11.9. The van der Waals surface area contributed by atoms with Gasteiger partial charge >= 0.3 is 6.18 Å². The molecule has 2 aromatic rings. The van der Waals surface area contributed by atoms with E-state index in [1.165, 1.54) is 24.4 Å². The Labute approximate surface area is 139 Å². The quantitative estimate of drug-likeness (QED) is 0.567. The van der Waals surface area contributed by atoms with Crippen LogP contribution in [0.25, 0.3) is 0 Å². The lowest BCUT2D eigenvalue weighted by atomic mass is 10.0. The molecule has 1 N–H and O–H groups in total. The molecule has 0 saturated heterocycles. The topological polar surface area (TPSA) is 29.1 Å². The number of carbonyl (C=O) groups is 1. The van der Waals surface area contributed by atoms with Gasteiger partial charge in [0.2, 0.25) is 0 Å². The Bertz CT molecular complexity index is 731. The molecular weight excluding hydrogens is 315 g/mol. The highest BCUT2D eigenvalue weighted by atomic mass is 19.4. The van der Waals surface area contributed by atoms with Crippen LogP contribution >= 0.6 is 0 Å². The van der Waals surface area contributed by atoms with Crippen LogP contribution in [-0.2, 0) is 6.18 Å². The molecule has 0 aliphatic heterocycles. The summed E-state index contributed by atoms with van der Waals surface area (Å²) < 4.78 is 37.9. The zero-order valence-electron chi connectivity index (χ0n) is 13.4. The molecular formula is C19H18F3NO. The van der Waals surface area contributed by atoms with Crippen molar-refractivity contribution >= 4 is 11.5 Å². The molecule has 0 unspecified atom stereocenters. The monoisotopic (exact) mass is 333 g/mol. The van der Waals surface area contributed by atoms with Gasteiger partial charge in [0, 0.05) is 23.5 Å². The minimum absolute atomic E-state index is 0.218. The first-order chi connectivity index (χ1) is 11.3. The van der Waals surface area contributed by atoms with Crippen LogP contribution in [0.3, 0.4) is 0 Å².